The Morgan fingerprint density at radius 3 is 2.20 bits per heavy atom. The van der Waals surface area contributed by atoms with Crippen LogP contribution in [0.2, 0.25) is 0 Å². The molecule has 25 heavy (non-hydrogen) atoms. The first-order valence-corrected chi connectivity index (χ1v) is 8.06. The molecule has 1 aromatic heterocycles. The lowest BCUT2D eigenvalue weighted by molar-refractivity contribution is 0.0955. The molecule has 0 spiro atoms. The van der Waals surface area contributed by atoms with Gasteiger partial charge in [-0.15, -0.1) is 0 Å². The molecule has 3 aromatic rings. The highest BCUT2D eigenvalue weighted by atomic mass is 16.2. The van der Waals surface area contributed by atoms with E-state index in [4.69, 9.17) is 0 Å². The van der Waals surface area contributed by atoms with Gasteiger partial charge in [0, 0.05) is 29.1 Å². The summed E-state index contributed by atoms with van der Waals surface area (Å²) in [6, 6.07) is 19.1. The minimum absolute atomic E-state index is 0.231. The van der Waals surface area contributed by atoms with E-state index in [1.54, 1.807) is 12.4 Å². The molecule has 0 atom stereocenters. The van der Waals surface area contributed by atoms with Crippen molar-refractivity contribution >= 4 is 11.6 Å². The molecule has 0 bridgehead atoms. The molecule has 3 rings (SSSR count). The van der Waals surface area contributed by atoms with E-state index < -0.39 is 0 Å². The highest BCUT2D eigenvalue weighted by Gasteiger charge is 2.10. The summed E-state index contributed by atoms with van der Waals surface area (Å²) in [7, 11) is 0. The fraction of sp³-hybridized carbons (Fsp3) is 0.0952. The summed E-state index contributed by atoms with van der Waals surface area (Å²) in [6.45, 7) is 4.01. The molecule has 4 heteroatoms. The summed E-state index contributed by atoms with van der Waals surface area (Å²) in [5.74, 6) is -0.231. The Balaban J connectivity index is 1.91. The third kappa shape index (κ3) is 3.98. The van der Waals surface area contributed by atoms with E-state index in [9.17, 15) is 4.79 Å². The summed E-state index contributed by atoms with van der Waals surface area (Å²) < 4.78 is 0. The molecule has 1 N–H and O–H groups in total. The Kier molecular flexibility index (Phi) is 5.00. The van der Waals surface area contributed by atoms with Crippen LogP contribution >= 0.6 is 0 Å². The van der Waals surface area contributed by atoms with Crippen LogP contribution in [-0.4, -0.2) is 16.6 Å². The van der Waals surface area contributed by atoms with Crippen LogP contribution in [0.4, 0.5) is 0 Å². The van der Waals surface area contributed by atoms with Crippen LogP contribution in [-0.2, 0) is 0 Å². The number of aromatic nitrogens is 1. The van der Waals surface area contributed by atoms with Crippen LogP contribution in [0.1, 0.15) is 32.6 Å². The van der Waals surface area contributed by atoms with E-state index in [0.29, 0.717) is 11.3 Å². The zero-order chi connectivity index (χ0) is 17.6. The Bertz CT molecular complexity index is 861. The lowest BCUT2D eigenvalue weighted by atomic mass is 10.0. The summed E-state index contributed by atoms with van der Waals surface area (Å²) in [6.07, 6.45) is 3.41. The van der Waals surface area contributed by atoms with Gasteiger partial charge in [-0.3, -0.25) is 9.78 Å². The second-order valence-corrected chi connectivity index (χ2v) is 5.80. The first-order chi connectivity index (χ1) is 12.1. The zero-order valence-corrected chi connectivity index (χ0v) is 14.2. The summed E-state index contributed by atoms with van der Waals surface area (Å²) in [5, 5.41) is 4.38. The van der Waals surface area contributed by atoms with E-state index >= 15 is 0 Å². The molecule has 1 amide bonds. The summed E-state index contributed by atoms with van der Waals surface area (Å²) in [4.78, 5) is 16.5. The number of amides is 1. The molecule has 0 unspecified atom stereocenters. The maximum atomic E-state index is 12.4. The van der Waals surface area contributed by atoms with Gasteiger partial charge in [0.1, 0.15) is 0 Å². The normalized spacial score (nSPS) is 11.2. The number of carbonyl (C=O) groups excluding carboxylic acids is 1. The second kappa shape index (κ2) is 7.53. The lowest BCUT2D eigenvalue weighted by Crippen LogP contribution is -2.20. The van der Waals surface area contributed by atoms with Crippen LogP contribution in [0, 0.1) is 13.8 Å². The molecule has 0 aliphatic rings. The van der Waals surface area contributed by atoms with E-state index in [2.05, 4.69) is 15.5 Å². The minimum Gasteiger partial charge on any atom is -0.267 e. The van der Waals surface area contributed by atoms with E-state index in [1.165, 1.54) is 0 Å². The van der Waals surface area contributed by atoms with Gasteiger partial charge >= 0.3 is 0 Å². The van der Waals surface area contributed by atoms with Gasteiger partial charge in [0.05, 0.1) is 5.71 Å². The molecule has 2 aromatic carbocycles. The van der Waals surface area contributed by atoms with Crippen LogP contribution < -0.4 is 5.43 Å². The molecule has 0 saturated carbocycles. The van der Waals surface area contributed by atoms with Crippen molar-refractivity contribution in [3.63, 3.8) is 0 Å². The van der Waals surface area contributed by atoms with Crippen LogP contribution in [0.15, 0.2) is 78.2 Å². The molecular formula is C21H19N3O. The van der Waals surface area contributed by atoms with Crippen molar-refractivity contribution in [2.24, 2.45) is 5.10 Å². The van der Waals surface area contributed by atoms with Crippen LogP contribution in [0.3, 0.4) is 0 Å². The molecule has 0 fully saturated rings. The Labute approximate surface area is 147 Å². The first-order valence-electron chi connectivity index (χ1n) is 8.06. The predicted molar refractivity (Wildman–Crippen MR) is 99.7 cm³/mol. The largest absolute Gasteiger partial charge is 0.271 e. The number of hydrogen-bond acceptors (Lipinski definition) is 3. The van der Waals surface area contributed by atoms with Gasteiger partial charge in [-0.2, -0.15) is 5.10 Å². The third-order valence-corrected chi connectivity index (χ3v) is 4.04. The Morgan fingerprint density at radius 2 is 1.52 bits per heavy atom. The Hall–Kier alpha value is -3.27. The SMILES string of the molecule is Cc1ccc(C(=O)N/N=C(\c2ccccc2)c2ccncc2)cc1C. The predicted octanol–water partition coefficient (Wildman–Crippen LogP) is 3.88. The van der Waals surface area contributed by atoms with Crippen molar-refractivity contribution < 1.29 is 4.79 Å². The van der Waals surface area contributed by atoms with E-state index in [0.717, 1.165) is 22.3 Å². The average molecular weight is 329 g/mol. The standard InChI is InChI=1S/C21H19N3O/c1-15-8-9-19(14-16(15)2)21(25)24-23-20(17-6-4-3-5-7-17)18-10-12-22-13-11-18/h3-14H,1-2H3,(H,24,25)/b23-20+. The van der Waals surface area contributed by atoms with Gasteiger partial charge in [-0.1, -0.05) is 36.4 Å². The topological polar surface area (TPSA) is 54.4 Å². The lowest BCUT2D eigenvalue weighted by Gasteiger charge is -2.08. The van der Waals surface area contributed by atoms with Crippen molar-refractivity contribution in [1.29, 1.82) is 0 Å². The minimum atomic E-state index is -0.231. The van der Waals surface area contributed by atoms with Gasteiger partial charge < -0.3 is 0 Å². The number of aryl methyl sites for hydroxylation is 2. The molecule has 0 radical (unpaired) electrons. The van der Waals surface area contributed by atoms with Crippen molar-refractivity contribution in [2.75, 3.05) is 0 Å². The molecule has 4 nitrogen and oxygen atoms in total. The fourth-order valence-corrected chi connectivity index (χ4v) is 2.46. The van der Waals surface area contributed by atoms with E-state index in [-0.39, 0.29) is 5.91 Å². The number of hydrogen-bond donors (Lipinski definition) is 1. The monoisotopic (exact) mass is 329 g/mol. The average Bonchev–Trinajstić information content (AvgIpc) is 2.66. The molecular weight excluding hydrogens is 310 g/mol. The Morgan fingerprint density at radius 1 is 0.840 bits per heavy atom. The zero-order valence-electron chi connectivity index (χ0n) is 14.2. The fourth-order valence-electron chi connectivity index (χ4n) is 2.46. The molecule has 0 saturated heterocycles. The molecule has 0 aliphatic heterocycles. The van der Waals surface area contributed by atoms with Gasteiger partial charge in [0.15, 0.2) is 0 Å². The number of rotatable bonds is 4. The number of nitrogens with zero attached hydrogens (tertiary/aromatic N) is 2. The smallest absolute Gasteiger partial charge is 0.267 e. The summed E-state index contributed by atoms with van der Waals surface area (Å²) in [5.41, 5.74) is 8.01. The first kappa shape index (κ1) is 16.6. The maximum Gasteiger partial charge on any atom is 0.271 e. The van der Waals surface area contributed by atoms with Crippen LogP contribution in [0.5, 0.6) is 0 Å². The maximum absolute atomic E-state index is 12.4. The van der Waals surface area contributed by atoms with Crippen molar-refractivity contribution in [2.45, 2.75) is 13.8 Å². The van der Waals surface area contributed by atoms with Gasteiger partial charge in [0.2, 0.25) is 0 Å². The summed E-state index contributed by atoms with van der Waals surface area (Å²) >= 11 is 0. The molecule has 124 valence electrons. The molecule has 1 heterocycles. The number of hydrazone groups is 1. The number of nitrogens with one attached hydrogen (secondary N) is 1. The number of carbonyl (C=O) groups is 1. The van der Waals surface area contributed by atoms with Crippen LogP contribution in [0.25, 0.3) is 0 Å². The van der Waals surface area contributed by atoms with Crippen molar-refractivity contribution in [3.05, 3.63) is 101 Å². The highest BCUT2D eigenvalue weighted by Crippen LogP contribution is 2.11. The second-order valence-electron chi connectivity index (χ2n) is 5.80. The third-order valence-electron chi connectivity index (χ3n) is 4.04. The van der Waals surface area contributed by atoms with Gasteiger partial charge in [-0.05, 0) is 49.2 Å². The highest BCUT2D eigenvalue weighted by molar-refractivity contribution is 6.13. The quantitative estimate of drug-likeness (QED) is 0.583. The van der Waals surface area contributed by atoms with Crippen molar-refractivity contribution in [3.8, 4) is 0 Å². The van der Waals surface area contributed by atoms with E-state index in [1.807, 2.05) is 74.5 Å². The number of pyridine rings is 1. The van der Waals surface area contributed by atoms with Gasteiger partial charge in [-0.25, -0.2) is 5.43 Å². The molecule has 0 aliphatic carbocycles. The van der Waals surface area contributed by atoms with Crippen molar-refractivity contribution in [1.82, 2.24) is 10.4 Å². The number of benzene rings is 2. The van der Waals surface area contributed by atoms with Gasteiger partial charge in [0.25, 0.3) is 5.91 Å².